The second kappa shape index (κ2) is 8.58. The van der Waals surface area contributed by atoms with Crippen molar-refractivity contribution in [3.05, 3.63) is 46.8 Å². The lowest BCUT2D eigenvalue weighted by molar-refractivity contribution is 0.274. The highest BCUT2D eigenvalue weighted by atomic mass is 16.5. The van der Waals surface area contributed by atoms with Crippen LogP contribution in [0.5, 0.6) is 5.75 Å². The van der Waals surface area contributed by atoms with Crippen LogP contribution in [0.2, 0.25) is 0 Å². The van der Waals surface area contributed by atoms with Crippen molar-refractivity contribution in [2.24, 2.45) is 0 Å². The van der Waals surface area contributed by atoms with Crippen molar-refractivity contribution in [1.82, 2.24) is 29.5 Å². The lowest BCUT2D eigenvalue weighted by atomic mass is 9.90. The normalized spacial score (nSPS) is 21.6. The van der Waals surface area contributed by atoms with Crippen LogP contribution in [0.4, 0.5) is 0 Å². The summed E-state index contributed by atoms with van der Waals surface area (Å²) in [4.78, 5) is 20.4. The molecule has 34 heavy (non-hydrogen) atoms. The Balaban J connectivity index is 1.30. The van der Waals surface area contributed by atoms with E-state index in [1.807, 2.05) is 16.8 Å². The van der Waals surface area contributed by atoms with Crippen molar-refractivity contribution in [1.29, 1.82) is 0 Å². The van der Waals surface area contributed by atoms with Crippen molar-refractivity contribution in [2.45, 2.75) is 76.4 Å². The van der Waals surface area contributed by atoms with Crippen LogP contribution in [0.3, 0.4) is 0 Å². The molecule has 6 rings (SSSR count). The number of nitrogens with zero attached hydrogens (tertiary/aromatic N) is 4. The van der Waals surface area contributed by atoms with Gasteiger partial charge in [-0.2, -0.15) is 5.10 Å². The van der Waals surface area contributed by atoms with Crippen molar-refractivity contribution in [3.63, 3.8) is 0 Å². The summed E-state index contributed by atoms with van der Waals surface area (Å²) in [6.07, 6.45) is 13.2. The fourth-order valence-electron chi connectivity index (χ4n) is 6.07. The van der Waals surface area contributed by atoms with Gasteiger partial charge in [0.05, 0.1) is 18.1 Å². The number of nitrogens with one attached hydrogen (secondary N) is 2. The van der Waals surface area contributed by atoms with Gasteiger partial charge in [-0.25, -0.2) is 14.3 Å². The van der Waals surface area contributed by atoms with Gasteiger partial charge in [0, 0.05) is 29.9 Å². The summed E-state index contributed by atoms with van der Waals surface area (Å²) in [5, 5.41) is 8.15. The smallest absolute Gasteiger partial charge is 0.326 e. The highest BCUT2D eigenvalue weighted by Gasteiger charge is 2.27. The third-order valence-electron chi connectivity index (χ3n) is 7.82. The van der Waals surface area contributed by atoms with Crippen molar-refractivity contribution in [2.75, 3.05) is 7.11 Å². The zero-order valence-electron chi connectivity index (χ0n) is 19.9. The number of benzene rings is 1. The molecule has 0 aliphatic heterocycles. The SMILES string of the molecule is COc1cc(-c2cc3[nH]c(=O)n([C@H]4CC[C@@H](NC5CCCC5)CC4)c3cc2C)cn2ncnc12. The van der Waals surface area contributed by atoms with Gasteiger partial charge in [0.15, 0.2) is 11.4 Å². The molecule has 0 radical (unpaired) electrons. The molecule has 1 aromatic carbocycles. The Labute approximate surface area is 198 Å². The molecule has 0 spiro atoms. The molecule has 4 aromatic rings. The number of aryl methyl sites for hydroxylation is 1. The maximum absolute atomic E-state index is 13.0. The fraction of sp³-hybridized carbons (Fsp3) is 0.500. The molecule has 2 aliphatic rings. The van der Waals surface area contributed by atoms with Gasteiger partial charge >= 0.3 is 5.69 Å². The van der Waals surface area contributed by atoms with Gasteiger partial charge in [0.1, 0.15) is 6.33 Å². The van der Waals surface area contributed by atoms with Crippen LogP contribution in [0, 0.1) is 6.92 Å². The first kappa shape index (κ1) is 21.4. The minimum absolute atomic E-state index is 0.0111. The third-order valence-corrected chi connectivity index (χ3v) is 7.82. The van der Waals surface area contributed by atoms with E-state index in [1.54, 1.807) is 11.6 Å². The maximum atomic E-state index is 13.0. The van der Waals surface area contributed by atoms with E-state index in [-0.39, 0.29) is 11.7 Å². The number of hydrogen-bond donors (Lipinski definition) is 2. The second-order valence-corrected chi connectivity index (χ2v) is 9.96. The van der Waals surface area contributed by atoms with E-state index in [9.17, 15) is 4.79 Å². The molecule has 0 saturated heterocycles. The number of ether oxygens (including phenoxy) is 1. The number of H-pyrrole nitrogens is 1. The zero-order chi connectivity index (χ0) is 23.2. The zero-order valence-corrected chi connectivity index (χ0v) is 19.9. The first-order chi connectivity index (χ1) is 16.6. The molecule has 2 saturated carbocycles. The summed E-state index contributed by atoms with van der Waals surface area (Å²) in [7, 11) is 1.64. The van der Waals surface area contributed by atoms with Gasteiger partial charge in [-0.15, -0.1) is 0 Å². The third kappa shape index (κ3) is 3.70. The molecular formula is C26H32N6O2. The Hall–Kier alpha value is -3.13. The topological polar surface area (TPSA) is 89.2 Å². The first-order valence-electron chi connectivity index (χ1n) is 12.5. The highest BCUT2D eigenvalue weighted by Crippen LogP contribution is 2.34. The Kier molecular flexibility index (Phi) is 5.40. The van der Waals surface area contributed by atoms with E-state index in [4.69, 9.17) is 4.74 Å². The summed E-state index contributed by atoms with van der Waals surface area (Å²) >= 11 is 0. The summed E-state index contributed by atoms with van der Waals surface area (Å²) < 4.78 is 9.26. The maximum Gasteiger partial charge on any atom is 0.326 e. The molecule has 8 heteroatoms. The molecule has 8 nitrogen and oxygen atoms in total. The molecule has 2 N–H and O–H groups in total. The minimum atomic E-state index is -0.0111. The molecule has 178 valence electrons. The average Bonchev–Trinajstić information content (AvgIpc) is 3.58. The molecule has 0 unspecified atom stereocenters. The molecular weight excluding hydrogens is 428 g/mol. The highest BCUT2D eigenvalue weighted by molar-refractivity contribution is 5.85. The number of methoxy groups -OCH3 is 1. The minimum Gasteiger partial charge on any atom is -0.493 e. The van der Waals surface area contributed by atoms with E-state index >= 15 is 0 Å². The van der Waals surface area contributed by atoms with Gasteiger partial charge in [0.2, 0.25) is 0 Å². The van der Waals surface area contributed by atoms with Crippen LogP contribution in [0.15, 0.2) is 35.5 Å². The second-order valence-electron chi connectivity index (χ2n) is 9.96. The van der Waals surface area contributed by atoms with E-state index < -0.39 is 0 Å². The summed E-state index contributed by atoms with van der Waals surface area (Å²) in [5.41, 5.74) is 5.66. The van der Waals surface area contributed by atoms with Crippen LogP contribution in [-0.2, 0) is 0 Å². The number of fused-ring (bicyclic) bond motifs is 2. The van der Waals surface area contributed by atoms with Gasteiger partial charge in [-0.05, 0) is 74.8 Å². The van der Waals surface area contributed by atoms with Crippen molar-refractivity contribution >= 4 is 16.7 Å². The molecule has 0 bridgehead atoms. The number of imidazole rings is 1. The van der Waals surface area contributed by atoms with Crippen molar-refractivity contribution in [3.8, 4) is 16.9 Å². The van der Waals surface area contributed by atoms with Gasteiger partial charge in [-0.3, -0.25) is 4.57 Å². The van der Waals surface area contributed by atoms with Crippen LogP contribution in [0.25, 0.3) is 27.8 Å². The average molecular weight is 461 g/mol. The summed E-state index contributed by atoms with van der Waals surface area (Å²) in [6, 6.07) is 7.74. The standard InChI is InChI=1S/C26H32N6O2/c1-16-11-23-22(13-21(16)17-12-24(34-2)25-27-15-28-31(25)14-17)30-26(33)32(23)20-9-7-19(8-10-20)29-18-5-3-4-6-18/h11-15,18-20,29H,3-10H2,1-2H3,(H,30,33)/t19-,20+. The summed E-state index contributed by atoms with van der Waals surface area (Å²) in [6.45, 7) is 2.09. The van der Waals surface area contributed by atoms with Gasteiger partial charge in [-0.1, -0.05) is 12.8 Å². The molecule has 2 fully saturated rings. The number of rotatable bonds is 5. The van der Waals surface area contributed by atoms with Crippen LogP contribution >= 0.6 is 0 Å². The molecule has 0 amide bonds. The monoisotopic (exact) mass is 460 g/mol. The van der Waals surface area contributed by atoms with E-state index in [1.165, 1.54) is 32.0 Å². The van der Waals surface area contributed by atoms with E-state index in [0.717, 1.165) is 53.4 Å². The Bertz CT molecular complexity index is 1390. The Morgan fingerprint density at radius 2 is 1.82 bits per heavy atom. The predicted octanol–water partition coefficient (Wildman–Crippen LogP) is 4.37. The quantitative estimate of drug-likeness (QED) is 0.462. The lowest BCUT2D eigenvalue weighted by Gasteiger charge is -2.31. The molecule has 3 heterocycles. The Morgan fingerprint density at radius 3 is 2.59 bits per heavy atom. The number of aromatic nitrogens is 5. The van der Waals surface area contributed by atoms with Crippen LogP contribution < -0.4 is 15.7 Å². The van der Waals surface area contributed by atoms with E-state index in [0.29, 0.717) is 23.5 Å². The van der Waals surface area contributed by atoms with Crippen molar-refractivity contribution < 1.29 is 4.74 Å². The Morgan fingerprint density at radius 1 is 1.06 bits per heavy atom. The number of aromatic amines is 1. The molecule has 3 aromatic heterocycles. The van der Waals surface area contributed by atoms with Crippen LogP contribution in [-0.4, -0.2) is 43.3 Å². The van der Waals surface area contributed by atoms with Gasteiger partial charge < -0.3 is 15.0 Å². The molecule has 0 atom stereocenters. The van der Waals surface area contributed by atoms with E-state index in [2.05, 4.69) is 39.4 Å². The largest absolute Gasteiger partial charge is 0.493 e. The fourth-order valence-corrected chi connectivity index (χ4v) is 6.07. The first-order valence-corrected chi connectivity index (χ1v) is 12.5. The predicted molar refractivity (Wildman–Crippen MR) is 133 cm³/mol. The lowest BCUT2D eigenvalue weighted by Crippen LogP contribution is -2.40. The molecule has 2 aliphatic carbocycles. The van der Waals surface area contributed by atoms with Crippen LogP contribution in [0.1, 0.15) is 63.0 Å². The number of hydrogen-bond acceptors (Lipinski definition) is 5. The number of pyridine rings is 1. The van der Waals surface area contributed by atoms with Gasteiger partial charge in [0.25, 0.3) is 0 Å². The summed E-state index contributed by atoms with van der Waals surface area (Å²) in [5.74, 6) is 0.670.